The number of carbonyl (C=O) groups is 1. The zero-order valence-electron chi connectivity index (χ0n) is 6.02. The quantitative estimate of drug-likeness (QED) is 0.370. The van der Waals surface area contributed by atoms with Gasteiger partial charge in [-0.15, -0.1) is 0 Å². The van der Waals surface area contributed by atoms with Crippen molar-refractivity contribution in [3.63, 3.8) is 0 Å². The van der Waals surface area contributed by atoms with E-state index in [4.69, 9.17) is 17.4 Å². The van der Waals surface area contributed by atoms with E-state index < -0.39 is 0 Å². The highest BCUT2D eigenvalue weighted by molar-refractivity contribution is 5.84. The van der Waals surface area contributed by atoms with E-state index in [1.165, 1.54) is 0 Å². The molecule has 0 amide bonds. The Morgan fingerprint density at radius 3 is 2.50 bits per heavy atom. The van der Waals surface area contributed by atoms with Crippen molar-refractivity contribution in [2.45, 2.75) is 0 Å². The molecule has 0 bridgehead atoms. The number of nitrogens with zero attached hydrogens (tertiary/aromatic N) is 2. The van der Waals surface area contributed by atoms with Gasteiger partial charge in [0.05, 0.1) is 0 Å². The lowest BCUT2D eigenvalue weighted by atomic mass is 10.3. The van der Waals surface area contributed by atoms with Crippen LogP contribution in [-0.4, -0.2) is 16.3 Å². The fourth-order valence-electron chi connectivity index (χ4n) is 0.625. The van der Waals surface area contributed by atoms with Crippen LogP contribution in [0.4, 0.5) is 11.5 Å². The van der Waals surface area contributed by atoms with Gasteiger partial charge in [-0.2, -0.15) is 15.9 Å². The van der Waals surface area contributed by atoms with Crippen molar-refractivity contribution in [2.24, 2.45) is 5.90 Å². The molecule has 6 N–H and O–H groups in total. The molecule has 12 heavy (non-hydrogen) atoms. The summed E-state index contributed by atoms with van der Waals surface area (Å²) >= 11 is 0. The van der Waals surface area contributed by atoms with E-state index in [1.54, 1.807) is 0 Å². The van der Waals surface area contributed by atoms with Crippen LogP contribution in [0.1, 0.15) is 10.5 Å². The Morgan fingerprint density at radius 1 is 1.33 bits per heavy atom. The molecule has 0 aliphatic heterocycles. The molecular weight excluding hydrogens is 162 g/mol. The minimum absolute atomic E-state index is 0.0193. The Morgan fingerprint density at radius 2 is 2.00 bits per heavy atom. The van der Waals surface area contributed by atoms with E-state index in [2.05, 4.69) is 14.8 Å². The van der Waals surface area contributed by atoms with Crippen LogP contribution in [0.15, 0.2) is 0 Å². The van der Waals surface area contributed by atoms with Gasteiger partial charge in [-0.05, 0) is 0 Å². The standard InChI is InChI=1S/C5H7N5O2/c6-3-2(1-11)9-5(12-8)10-4(3)7/h1H,6,8H2,(H2,7,9,10). The lowest BCUT2D eigenvalue weighted by molar-refractivity contribution is 0.111. The van der Waals surface area contributed by atoms with Crippen LogP contribution < -0.4 is 22.2 Å². The second kappa shape index (κ2) is 3.01. The van der Waals surface area contributed by atoms with E-state index >= 15 is 0 Å². The Labute approximate surface area is 67.5 Å². The first-order chi connectivity index (χ1) is 5.69. The summed E-state index contributed by atoms with van der Waals surface area (Å²) < 4.78 is 0. The number of nitrogens with two attached hydrogens (primary N) is 3. The number of nitrogen functional groups attached to an aromatic ring is 2. The van der Waals surface area contributed by atoms with Crippen molar-refractivity contribution in [2.75, 3.05) is 11.5 Å². The third kappa shape index (κ3) is 1.25. The first-order valence-electron chi connectivity index (χ1n) is 2.94. The number of carbonyl (C=O) groups excluding carboxylic acids is 1. The van der Waals surface area contributed by atoms with Gasteiger partial charge in [0.25, 0.3) is 0 Å². The molecule has 0 aliphatic carbocycles. The van der Waals surface area contributed by atoms with Crippen molar-refractivity contribution < 1.29 is 9.63 Å². The van der Waals surface area contributed by atoms with Crippen LogP contribution in [0.5, 0.6) is 6.01 Å². The first kappa shape index (κ1) is 8.21. The molecule has 0 fully saturated rings. The fraction of sp³-hybridized carbons (Fsp3) is 0. The Bertz CT molecular complexity index is 313. The molecule has 0 saturated heterocycles. The van der Waals surface area contributed by atoms with Crippen LogP contribution in [0, 0.1) is 0 Å². The van der Waals surface area contributed by atoms with Crippen molar-refractivity contribution in [3.05, 3.63) is 5.69 Å². The predicted molar refractivity (Wildman–Crippen MR) is 41.1 cm³/mol. The molecular formula is C5H7N5O2. The maximum atomic E-state index is 10.3. The molecule has 0 saturated carbocycles. The van der Waals surface area contributed by atoms with Gasteiger partial charge < -0.3 is 16.3 Å². The van der Waals surface area contributed by atoms with Gasteiger partial charge in [-0.25, -0.2) is 0 Å². The number of aldehydes is 1. The molecule has 0 aliphatic rings. The Hall–Kier alpha value is -1.89. The maximum absolute atomic E-state index is 10.3. The molecule has 1 aromatic heterocycles. The molecule has 0 spiro atoms. The Balaban J connectivity index is 3.28. The Kier molecular flexibility index (Phi) is 2.06. The molecule has 1 rings (SSSR count). The number of aromatic nitrogens is 2. The van der Waals surface area contributed by atoms with Crippen molar-refractivity contribution >= 4 is 17.8 Å². The second-order valence-electron chi connectivity index (χ2n) is 1.93. The van der Waals surface area contributed by atoms with Crippen molar-refractivity contribution in [1.82, 2.24) is 9.97 Å². The summed E-state index contributed by atoms with van der Waals surface area (Å²) in [6.07, 6.45) is 0.440. The van der Waals surface area contributed by atoms with Gasteiger partial charge in [-0.1, -0.05) is 0 Å². The minimum Gasteiger partial charge on any atom is -0.394 e. The third-order valence-corrected chi connectivity index (χ3v) is 1.20. The minimum atomic E-state index is -0.191. The van der Waals surface area contributed by atoms with E-state index in [0.29, 0.717) is 6.29 Å². The zero-order valence-corrected chi connectivity index (χ0v) is 6.02. The zero-order chi connectivity index (χ0) is 9.14. The summed E-state index contributed by atoms with van der Waals surface area (Å²) in [5.41, 5.74) is 10.6. The smallest absolute Gasteiger partial charge is 0.338 e. The van der Waals surface area contributed by atoms with Gasteiger partial charge >= 0.3 is 6.01 Å². The average molecular weight is 169 g/mol. The maximum Gasteiger partial charge on any atom is 0.338 e. The van der Waals surface area contributed by atoms with Crippen molar-refractivity contribution in [1.29, 1.82) is 0 Å². The van der Waals surface area contributed by atoms with Gasteiger partial charge in [0.15, 0.2) is 12.1 Å². The molecule has 0 atom stereocenters. The van der Waals surface area contributed by atoms with Gasteiger partial charge in [0, 0.05) is 0 Å². The fourth-order valence-corrected chi connectivity index (χ4v) is 0.625. The number of anilines is 2. The summed E-state index contributed by atoms with van der Waals surface area (Å²) in [5.74, 6) is 4.72. The number of hydrogen-bond acceptors (Lipinski definition) is 7. The van der Waals surface area contributed by atoms with Crippen LogP contribution in [0.2, 0.25) is 0 Å². The molecule has 0 aromatic carbocycles. The van der Waals surface area contributed by atoms with Crippen LogP contribution in [0.25, 0.3) is 0 Å². The average Bonchev–Trinajstić information content (AvgIpc) is 2.09. The SMILES string of the molecule is NOc1nc(N)c(N)c(C=O)n1. The normalized spacial score (nSPS) is 9.42. The lowest BCUT2D eigenvalue weighted by Gasteiger charge is -2.02. The topological polar surface area (TPSA) is 130 Å². The summed E-state index contributed by atoms with van der Waals surface area (Å²) in [4.78, 5) is 21.6. The molecule has 1 heterocycles. The monoisotopic (exact) mass is 169 g/mol. The van der Waals surface area contributed by atoms with Gasteiger partial charge in [-0.3, -0.25) is 4.79 Å². The summed E-state index contributed by atoms with van der Waals surface area (Å²) in [6.45, 7) is 0. The highest BCUT2D eigenvalue weighted by atomic mass is 16.6. The number of hydrogen-bond donors (Lipinski definition) is 3. The molecule has 7 heteroatoms. The van der Waals surface area contributed by atoms with Crippen molar-refractivity contribution in [3.8, 4) is 6.01 Å². The third-order valence-electron chi connectivity index (χ3n) is 1.20. The summed E-state index contributed by atoms with van der Waals surface area (Å²) in [6, 6.07) is -0.191. The van der Waals surface area contributed by atoms with Gasteiger partial charge in [0.2, 0.25) is 0 Å². The molecule has 0 radical (unpaired) electrons. The van der Waals surface area contributed by atoms with E-state index in [0.717, 1.165) is 0 Å². The van der Waals surface area contributed by atoms with Crippen LogP contribution in [0.3, 0.4) is 0 Å². The summed E-state index contributed by atoms with van der Waals surface area (Å²) in [7, 11) is 0. The first-order valence-corrected chi connectivity index (χ1v) is 2.94. The lowest BCUT2D eigenvalue weighted by Crippen LogP contribution is -2.11. The predicted octanol–water partition coefficient (Wildman–Crippen LogP) is -1.29. The highest BCUT2D eigenvalue weighted by Crippen LogP contribution is 2.16. The largest absolute Gasteiger partial charge is 0.394 e. The molecule has 64 valence electrons. The highest BCUT2D eigenvalue weighted by Gasteiger charge is 2.08. The van der Waals surface area contributed by atoms with Crippen LogP contribution in [-0.2, 0) is 0 Å². The molecule has 0 unspecified atom stereocenters. The molecule has 1 aromatic rings. The second-order valence-corrected chi connectivity index (χ2v) is 1.93. The van der Waals surface area contributed by atoms with E-state index in [9.17, 15) is 4.79 Å². The summed E-state index contributed by atoms with van der Waals surface area (Å²) in [5, 5.41) is 0. The van der Waals surface area contributed by atoms with Crippen LogP contribution >= 0.6 is 0 Å². The van der Waals surface area contributed by atoms with E-state index in [-0.39, 0.29) is 23.2 Å². The molecule has 7 nitrogen and oxygen atoms in total. The van der Waals surface area contributed by atoms with Gasteiger partial charge in [0.1, 0.15) is 11.4 Å². The number of rotatable bonds is 2. The van der Waals surface area contributed by atoms with E-state index in [1.807, 2.05) is 0 Å².